The van der Waals surface area contributed by atoms with Crippen LogP contribution in [0.4, 0.5) is 4.39 Å². The Labute approximate surface area is 149 Å². The molecule has 10 heteroatoms. The summed E-state index contributed by atoms with van der Waals surface area (Å²) in [4.78, 5) is 34.7. The Bertz CT molecular complexity index is 685. The van der Waals surface area contributed by atoms with Crippen LogP contribution in [0.2, 0.25) is 0 Å². The summed E-state index contributed by atoms with van der Waals surface area (Å²) in [6.45, 7) is 0.174. The average molecular weight is 367 g/mol. The molecule has 0 radical (unpaired) electrons. The van der Waals surface area contributed by atoms with Gasteiger partial charge in [0.25, 0.3) is 0 Å². The molecule has 0 aromatic heterocycles. The zero-order valence-electron chi connectivity index (χ0n) is 14.2. The lowest BCUT2D eigenvalue weighted by molar-refractivity contribution is -0.152. The largest absolute Gasteiger partial charge is 0.547 e. The summed E-state index contributed by atoms with van der Waals surface area (Å²) in [5.74, 6) is -2.37. The molecule has 1 aliphatic heterocycles. The molecule has 8 nitrogen and oxygen atoms in total. The van der Waals surface area contributed by atoms with Crippen LogP contribution >= 0.6 is 0 Å². The van der Waals surface area contributed by atoms with Crippen molar-refractivity contribution >= 4 is 25.0 Å². The van der Waals surface area contributed by atoms with Gasteiger partial charge < -0.3 is 24.5 Å². The van der Waals surface area contributed by atoms with E-state index in [0.717, 1.165) is 0 Å². The third kappa shape index (κ3) is 4.95. The minimum Gasteiger partial charge on any atom is -0.534 e. The molecule has 0 bridgehead atoms. The highest BCUT2D eigenvalue weighted by Gasteiger charge is 2.37. The fourth-order valence-corrected chi connectivity index (χ4v) is 2.39. The standard InChI is InChI=1S/C16H19BFNO7/c1-2-13(20)19-12-8-10-4-3-5-11(15(10)26-17(12)23)16(22)25-9-24-14(21)6-7-18/h3-5,12,23H,2,6-9H2,1H3,(H,19,20). The van der Waals surface area contributed by atoms with Gasteiger partial charge in [0.15, 0.2) is 0 Å². The maximum absolute atomic E-state index is 12.1. The zero-order valence-corrected chi connectivity index (χ0v) is 14.2. The van der Waals surface area contributed by atoms with Crippen LogP contribution in [0.3, 0.4) is 0 Å². The van der Waals surface area contributed by atoms with Gasteiger partial charge in [-0.25, -0.2) is 4.79 Å². The van der Waals surface area contributed by atoms with E-state index in [0.29, 0.717) is 5.56 Å². The molecule has 1 aromatic carbocycles. The van der Waals surface area contributed by atoms with Gasteiger partial charge in [-0.3, -0.25) is 14.0 Å². The van der Waals surface area contributed by atoms with Crippen molar-refractivity contribution in [3.63, 3.8) is 0 Å². The molecule has 0 spiro atoms. The number of fused-ring (bicyclic) bond motifs is 1. The molecule has 0 fully saturated rings. The molecule has 1 amide bonds. The molecule has 1 heterocycles. The average Bonchev–Trinajstić information content (AvgIpc) is 2.61. The number of hydrogen-bond acceptors (Lipinski definition) is 7. The molecule has 0 saturated heterocycles. The lowest BCUT2D eigenvalue weighted by Gasteiger charge is -2.29. The van der Waals surface area contributed by atoms with Crippen LogP contribution in [0.25, 0.3) is 0 Å². The molecule has 1 aliphatic rings. The molecule has 1 atom stereocenters. The molecule has 1 aromatic rings. The third-order valence-corrected chi connectivity index (χ3v) is 3.72. The van der Waals surface area contributed by atoms with Gasteiger partial charge in [-0.2, -0.15) is 0 Å². The van der Waals surface area contributed by atoms with Crippen molar-refractivity contribution in [1.82, 2.24) is 5.32 Å². The highest BCUT2D eigenvalue weighted by molar-refractivity contribution is 6.47. The Morgan fingerprint density at radius 1 is 1.38 bits per heavy atom. The molecular weight excluding hydrogens is 348 g/mol. The molecule has 1 unspecified atom stereocenters. The van der Waals surface area contributed by atoms with E-state index in [-0.39, 0.29) is 30.1 Å². The first-order valence-electron chi connectivity index (χ1n) is 8.11. The maximum atomic E-state index is 12.1. The minimum atomic E-state index is -1.32. The number of esters is 2. The van der Waals surface area contributed by atoms with Gasteiger partial charge in [0, 0.05) is 6.42 Å². The van der Waals surface area contributed by atoms with Gasteiger partial charge >= 0.3 is 19.1 Å². The van der Waals surface area contributed by atoms with E-state index in [4.69, 9.17) is 9.39 Å². The van der Waals surface area contributed by atoms with Crippen molar-refractivity contribution in [1.29, 1.82) is 0 Å². The van der Waals surface area contributed by atoms with Crippen LogP contribution in [0.1, 0.15) is 35.7 Å². The number of alkyl halides is 1. The summed E-state index contributed by atoms with van der Waals surface area (Å²) in [5, 5.41) is 12.7. The first-order chi connectivity index (χ1) is 12.5. The van der Waals surface area contributed by atoms with E-state index < -0.39 is 44.9 Å². The SMILES string of the molecule is CCC(=O)NC1Cc2cccc(C(=O)OCOC(=O)CCF)c2OB1O. The van der Waals surface area contributed by atoms with Crippen molar-refractivity contribution in [2.45, 2.75) is 32.1 Å². The Hall–Kier alpha value is -2.62. The highest BCUT2D eigenvalue weighted by atomic mass is 19.1. The van der Waals surface area contributed by atoms with E-state index >= 15 is 0 Å². The van der Waals surface area contributed by atoms with Crippen molar-refractivity contribution in [2.75, 3.05) is 13.5 Å². The smallest absolute Gasteiger partial charge is 0.534 e. The van der Waals surface area contributed by atoms with E-state index in [2.05, 4.69) is 10.1 Å². The van der Waals surface area contributed by atoms with Crippen LogP contribution in [0.5, 0.6) is 5.75 Å². The van der Waals surface area contributed by atoms with E-state index in [1.807, 2.05) is 0 Å². The second-order valence-corrected chi connectivity index (χ2v) is 5.54. The number of carbonyl (C=O) groups is 3. The molecule has 2 N–H and O–H groups in total. The second-order valence-electron chi connectivity index (χ2n) is 5.54. The zero-order chi connectivity index (χ0) is 19.1. The van der Waals surface area contributed by atoms with Gasteiger partial charge in [0.2, 0.25) is 12.7 Å². The topological polar surface area (TPSA) is 111 Å². The number of halogens is 1. The predicted molar refractivity (Wildman–Crippen MR) is 87.9 cm³/mol. The fraction of sp³-hybridized carbons (Fsp3) is 0.438. The lowest BCUT2D eigenvalue weighted by atomic mass is 9.72. The summed E-state index contributed by atoms with van der Waals surface area (Å²) in [6, 6.07) is 4.73. The molecule has 140 valence electrons. The third-order valence-electron chi connectivity index (χ3n) is 3.72. The summed E-state index contributed by atoms with van der Waals surface area (Å²) < 4.78 is 26.7. The summed E-state index contributed by atoms with van der Waals surface area (Å²) >= 11 is 0. The summed E-state index contributed by atoms with van der Waals surface area (Å²) in [6.07, 6.45) is 0.122. The second kappa shape index (κ2) is 9.18. The van der Waals surface area contributed by atoms with Crippen molar-refractivity contribution in [3.05, 3.63) is 29.3 Å². The quantitative estimate of drug-likeness (QED) is 0.411. The number of benzene rings is 1. The monoisotopic (exact) mass is 367 g/mol. The number of para-hydroxylation sites is 1. The van der Waals surface area contributed by atoms with Crippen molar-refractivity contribution in [2.24, 2.45) is 0 Å². The Balaban J connectivity index is 2.04. The van der Waals surface area contributed by atoms with Crippen LogP contribution in [0.15, 0.2) is 18.2 Å². The van der Waals surface area contributed by atoms with Gasteiger partial charge in [-0.05, 0) is 18.1 Å². The number of rotatable bonds is 7. The minimum absolute atomic E-state index is 0.0448. The number of nitrogens with one attached hydrogen (secondary N) is 1. The Morgan fingerprint density at radius 2 is 2.15 bits per heavy atom. The number of hydrogen-bond donors (Lipinski definition) is 2. The van der Waals surface area contributed by atoms with E-state index in [9.17, 15) is 23.8 Å². The summed E-state index contributed by atoms with van der Waals surface area (Å²) in [5.41, 5.74) is 0.656. The molecule has 26 heavy (non-hydrogen) atoms. The van der Waals surface area contributed by atoms with Crippen LogP contribution in [-0.2, 0) is 25.5 Å². The number of amides is 1. The predicted octanol–water partition coefficient (Wildman–Crippen LogP) is 0.553. The highest BCUT2D eigenvalue weighted by Crippen LogP contribution is 2.30. The van der Waals surface area contributed by atoms with Crippen molar-refractivity contribution in [3.8, 4) is 5.75 Å². The molecule has 0 aliphatic carbocycles. The Kier molecular flexibility index (Phi) is 6.96. The van der Waals surface area contributed by atoms with Crippen LogP contribution in [-0.4, -0.2) is 49.4 Å². The maximum Gasteiger partial charge on any atom is 0.547 e. The normalized spacial score (nSPS) is 15.5. The van der Waals surface area contributed by atoms with Crippen LogP contribution in [0, 0.1) is 0 Å². The number of carbonyl (C=O) groups excluding carboxylic acids is 3. The van der Waals surface area contributed by atoms with E-state index in [1.54, 1.807) is 19.1 Å². The fourth-order valence-electron chi connectivity index (χ4n) is 2.39. The number of ether oxygens (including phenoxy) is 2. The molecule has 2 rings (SSSR count). The van der Waals surface area contributed by atoms with Gasteiger partial charge in [0.05, 0.1) is 19.0 Å². The van der Waals surface area contributed by atoms with Crippen LogP contribution < -0.4 is 9.97 Å². The van der Waals surface area contributed by atoms with Gasteiger partial charge in [-0.15, -0.1) is 0 Å². The van der Waals surface area contributed by atoms with Gasteiger partial charge in [-0.1, -0.05) is 19.1 Å². The Morgan fingerprint density at radius 3 is 2.85 bits per heavy atom. The first-order valence-corrected chi connectivity index (χ1v) is 8.11. The van der Waals surface area contributed by atoms with Gasteiger partial charge in [0.1, 0.15) is 11.3 Å². The summed E-state index contributed by atoms with van der Waals surface area (Å²) in [7, 11) is -1.32. The molecular formula is C16H19BFNO7. The van der Waals surface area contributed by atoms with E-state index in [1.165, 1.54) is 6.07 Å². The lowest BCUT2D eigenvalue weighted by Crippen LogP contribution is -2.53. The van der Waals surface area contributed by atoms with Crippen molar-refractivity contribution < 1.29 is 37.9 Å². The first kappa shape index (κ1) is 19.7. The molecule has 0 saturated carbocycles.